The molecule has 0 spiro atoms. The molecule has 7 heteroatoms. The molecule has 0 aliphatic carbocycles. The first-order valence-corrected chi connectivity index (χ1v) is 9.73. The van der Waals surface area contributed by atoms with Gasteiger partial charge < -0.3 is 5.32 Å². The molecule has 0 aliphatic rings. The second-order valence-electron chi connectivity index (χ2n) is 6.15. The molecule has 27 heavy (non-hydrogen) atoms. The summed E-state index contributed by atoms with van der Waals surface area (Å²) in [7, 11) is 0. The van der Waals surface area contributed by atoms with Crippen molar-refractivity contribution >= 4 is 17.7 Å². The zero-order chi connectivity index (χ0) is 19.2. The van der Waals surface area contributed by atoms with Crippen molar-refractivity contribution in [3.63, 3.8) is 0 Å². The van der Waals surface area contributed by atoms with Gasteiger partial charge in [0.15, 0.2) is 5.82 Å². The van der Waals surface area contributed by atoms with E-state index in [-0.39, 0.29) is 23.5 Å². The minimum absolute atomic E-state index is 0.129. The molecule has 1 aromatic heterocycles. The van der Waals surface area contributed by atoms with E-state index < -0.39 is 0 Å². The molecule has 3 aromatic rings. The Bertz CT molecular complexity index is 893. The van der Waals surface area contributed by atoms with Crippen LogP contribution in [0.4, 0.5) is 4.39 Å². The summed E-state index contributed by atoms with van der Waals surface area (Å²) in [5.74, 6) is 0.464. The number of carbonyl (C=O) groups is 1. The van der Waals surface area contributed by atoms with Crippen LogP contribution in [0.15, 0.2) is 53.7 Å². The molecule has 1 amide bonds. The van der Waals surface area contributed by atoms with Crippen molar-refractivity contribution in [1.82, 2.24) is 20.5 Å². The van der Waals surface area contributed by atoms with Crippen molar-refractivity contribution in [2.24, 2.45) is 0 Å². The number of H-pyrrole nitrogens is 1. The van der Waals surface area contributed by atoms with Gasteiger partial charge >= 0.3 is 0 Å². The summed E-state index contributed by atoms with van der Waals surface area (Å²) in [4.78, 5) is 16.6. The Kier molecular flexibility index (Phi) is 6.24. The third-order valence-electron chi connectivity index (χ3n) is 4.18. The number of rotatable bonds is 7. The minimum Gasteiger partial charge on any atom is -0.349 e. The van der Waals surface area contributed by atoms with Crippen molar-refractivity contribution in [2.75, 3.05) is 5.75 Å². The van der Waals surface area contributed by atoms with Gasteiger partial charge in [-0.05, 0) is 36.6 Å². The molecular formula is C20H21FN4OS. The van der Waals surface area contributed by atoms with E-state index in [2.05, 4.69) is 39.6 Å². The van der Waals surface area contributed by atoms with Gasteiger partial charge in [0.05, 0.1) is 11.8 Å². The van der Waals surface area contributed by atoms with Gasteiger partial charge in [0.25, 0.3) is 0 Å². The van der Waals surface area contributed by atoms with Gasteiger partial charge in [0.1, 0.15) is 5.82 Å². The van der Waals surface area contributed by atoms with E-state index >= 15 is 0 Å². The second-order valence-corrected chi connectivity index (χ2v) is 7.09. The van der Waals surface area contributed by atoms with Gasteiger partial charge in [0.2, 0.25) is 11.1 Å². The van der Waals surface area contributed by atoms with Crippen molar-refractivity contribution in [3.05, 3.63) is 65.5 Å². The van der Waals surface area contributed by atoms with Gasteiger partial charge in [0, 0.05) is 5.56 Å². The highest BCUT2D eigenvalue weighted by Gasteiger charge is 2.12. The molecule has 0 aliphatic heterocycles. The number of benzene rings is 2. The van der Waals surface area contributed by atoms with Crippen LogP contribution in [0.5, 0.6) is 0 Å². The van der Waals surface area contributed by atoms with Crippen LogP contribution in [-0.4, -0.2) is 26.8 Å². The van der Waals surface area contributed by atoms with Gasteiger partial charge in [-0.15, -0.1) is 5.10 Å². The Balaban J connectivity index is 1.53. The van der Waals surface area contributed by atoms with E-state index in [1.54, 1.807) is 12.1 Å². The lowest BCUT2D eigenvalue weighted by atomic mass is 10.1. The van der Waals surface area contributed by atoms with Crippen LogP contribution in [0.25, 0.3) is 11.4 Å². The van der Waals surface area contributed by atoms with Crippen molar-refractivity contribution in [1.29, 1.82) is 0 Å². The largest absolute Gasteiger partial charge is 0.349 e. The van der Waals surface area contributed by atoms with Crippen molar-refractivity contribution < 1.29 is 9.18 Å². The zero-order valence-corrected chi connectivity index (χ0v) is 16.0. The summed E-state index contributed by atoms with van der Waals surface area (Å²) in [5.41, 5.74) is 3.08. The van der Waals surface area contributed by atoms with Crippen LogP contribution in [0.3, 0.4) is 0 Å². The van der Waals surface area contributed by atoms with E-state index in [4.69, 9.17) is 0 Å². The number of carbonyl (C=O) groups excluding carboxylic acids is 1. The number of nitrogens with one attached hydrogen (secondary N) is 2. The molecular weight excluding hydrogens is 363 g/mol. The van der Waals surface area contributed by atoms with Crippen LogP contribution < -0.4 is 5.32 Å². The maximum absolute atomic E-state index is 13.0. The highest BCUT2D eigenvalue weighted by molar-refractivity contribution is 7.99. The Labute approximate surface area is 161 Å². The van der Waals surface area contributed by atoms with Gasteiger partial charge in [-0.3, -0.25) is 9.89 Å². The maximum atomic E-state index is 13.0. The standard InChI is InChI=1S/C20H21FN4OS/c1-3-14-4-6-16(7-5-14)19-23-20(25-24-19)27-12-18(26)22-13(2)15-8-10-17(21)11-9-15/h4-11,13H,3,12H2,1-2H3,(H,22,26)(H,23,24,25)/t13-/m0/s1. The number of hydrogen-bond acceptors (Lipinski definition) is 4. The number of halogens is 1. The molecule has 5 nitrogen and oxygen atoms in total. The Hall–Kier alpha value is -2.67. The van der Waals surface area contributed by atoms with E-state index in [0.29, 0.717) is 11.0 Å². The highest BCUT2D eigenvalue weighted by Crippen LogP contribution is 2.20. The van der Waals surface area contributed by atoms with Crippen molar-refractivity contribution in [3.8, 4) is 11.4 Å². The summed E-state index contributed by atoms with van der Waals surface area (Å²) < 4.78 is 13.0. The molecule has 0 unspecified atom stereocenters. The van der Waals surface area contributed by atoms with Crippen LogP contribution >= 0.6 is 11.8 Å². The second kappa shape index (κ2) is 8.81. The molecule has 0 bridgehead atoms. The normalized spacial score (nSPS) is 12.0. The van der Waals surface area contributed by atoms with Gasteiger partial charge in [-0.2, -0.15) is 0 Å². The molecule has 0 fully saturated rings. The number of aryl methyl sites for hydroxylation is 1. The summed E-state index contributed by atoms with van der Waals surface area (Å²) in [5, 5.41) is 10.5. The first-order valence-electron chi connectivity index (χ1n) is 8.74. The average molecular weight is 384 g/mol. The maximum Gasteiger partial charge on any atom is 0.230 e. The minimum atomic E-state index is -0.294. The number of nitrogens with zero attached hydrogens (tertiary/aromatic N) is 2. The lowest BCUT2D eigenvalue weighted by Gasteiger charge is -2.13. The predicted molar refractivity (Wildman–Crippen MR) is 105 cm³/mol. The zero-order valence-electron chi connectivity index (χ0n) is 15.2. The molecule has 2 N–H and O–H groups in total. The molecule has 140 valence electrons. The fourth-order valence-electron chi connectivity index (χ4n) is 2.59. The fourth-order valence-corrected chi connectivity index (χ4v) is 3.20. The molecule has 0 radical (unpaired) electrons. The summed E-state index contributed by atoms with van der Waals surface area (Å²) in [6.07, 6.45) is 0.989. The SMILES string of the molecule is CCc1ccc(-c2nc(SCC(=O)N[C@@H](C)c3ccc(F)cc3)n[nH]2)cc1. The fraction of sp³-hybridized carbons (Fsp3) is 0.250. The van der Waals surface area contributed by atoms with Crippen LogP contribution in [-0.2, 0) is 11.2 Å². The Morgan fingerprint density at radius 3 is 2.56 bits per heavy atom. The quantitative estimate of drug-likeness (QED) is 0.601. The van der Waals surface area contributed by atoms with E-state index in [1.165, 1.54) is 29.5 Å². The Morgan fingerprint density at radius 2 is 1.89 bits per heavy atom. The summed E-state index contributed by atoms with van der Waals surface area (Å²) in [6.45, 7) is 3.97. The predicted octanol–water partition coefficient (Wildman–Crippen LogP) is 4.14. The van der Waals surface area contributed by atoms with Crippen LogP contribution in [0.2, 0.25) is 0 Å². The number of thioether (sulfide) groups is 1. The van der Waals surface area contributed by atoms with Crippen molar-refractivity contribution in [2.45, 2.75) is 31.5 Å². The topological polar surface area (TPSA) is 70.7 Å². The average Bonchev–Trinajstić information content (AvgIpc) is 3.16. The lowest BCUT2D eigenvalue weighted by Crippen LogP contribution is -2.28. The number of hydrogen-bond donors (Lipinski definition) is 2. The third-order valence-corrected chi connectivity index (χ3v) is 5.03. The smallest absolute Gasteiger partial charge is 0.230 e. The molecule has 0 saturated carbocycles. The van der Waals surface area contributed by atoms with E-state index in [0.717, 1.165) is 17.5 Å². The summed E-state index contributed by atoms with van der Waals surface area (Å²) >= 11 is 1.27. The molecule has 0 saturated heterocycles. The van der Waals surface area contributed by atoms with Gasteiger partial charge in [-0.1, -0.05) is 55.1 Å². The third kappa shape index (κ3) is 5.17. The van der Waals surface area contributed by atoms with Crippen LogP contribution in [0, 0.1) is 5.82 Å². The first kappa shape index (κ1) is 19.1. The first-order chi connectivity index (χ1) is 13.0. The molecule has 3 rings (SSSR count). The molecule has 1 heterocycles. The number of amides is 1. The summed E-state index contributed by atoms with van der Waals surface area (Å²) in [6, 6.07) is 14.0. The molecule has 1 atom stereocenters. The van der Waals surface area contributed by atoms with Gasteiger partial charge in [-0.25, -0.2) is 9.37 Å². The number of aromatic nitrogens is 3. The highest BCUT2D eigenvalue weighted by atomic mass is 32.2. The van der Waals surface area contributed by atoms with Crippen LogP contribution in [0.1, 0.15) is 31.0 Å². The lowest BCUT2D eigenvalue weighted by molar-refractivity contribution is -0.119. The Morgan fingerprint density at radius 1 is 1.19 bits per heavy atom. The van der Waals surface area contributed by atoms with E-state index in [1.807, 2.05) is 19.1 Å². The van der Waals surface area contributed by atoms with E-state index in [9.17, 15) is 9.18 Å². The molecule has 2 aromatic carbocycles. The monoisotopic (exact) mass is 384 g/mol. The number of aromatic amines is 1.